The number of anilines is 1. The van der Waals surface area contributed by atoms with E-state index >= 15 is 9.59 Å². The van der Waals surface area contributed by atoms with Crippen molar-refractivity contribution in [3.05, 3.63) is 184 Å². The molecular weight excluding hydrogens is 699 g/mol. The summed E-state index contributed by atoms with van der Waals surface area (Å²) in [5, 5.41) is 10.9. The van der Waals surface area contributed by atoms with Gasteiger partial charge in [0.1, 0.15) is 5.75 Å². The van der Waals surface area contributed by atoms with Crippen LogP contribution in [-0.2, 0) is 24.6 Å². The third-order valence-corrected chi connectivity index (χ3v) is 12.6. The van der Waals surface area contributed by atoms with E-state index in [0.29, 0.717) is 44.6 Å². The molecule has 2 fully saturated rings. The molecule has 0 radical (unpaired) electrons. The number of hydrogen-bond acceptors (Lipinski definition) is 6. The van der Waals surface area contributed by atoms with Crippen molar-refractivity contribution in [2.75, 3.05) is 4.90 Å². The molecule has 7 nitrogen and oxygen atoms in total. The first-order valence-corrected chi connectivity index (χ1v) is 19.1. The lowest BCUT2D eigenvalue weighted by atomic mass is 9.44. The second kappa shape index (κ2) is 13.4. The molecule has 1 saturated carbocycles. The fraction of sp³-hybridized carbons (Fsp3) is 0.204. The summed E-state index contributed by atoms with van der Waals surface area (Å²) in [6, 6.07) is 38.0. The van der Waals surface area contributed by atoms with Crippen LogP contribution in [0.15, 0.2) is 145 Å². The Labute approximate surface area is 325 Å². The van der Waals surface area contributed by atoms with Crippen molar-refractivity contribution >= 4 is 40.4 Å². The Hall–Kier alpha value is -6.47. The van der Waals surface area contributed by atoms with Crippen molar-refractivity contribution in [3.63, 3.8) is 0 Å². The molecule has 1 aliphatic heterocycles. The van der Waals surface area contributed by atoms with E-state index in [4.69, 9.17) is 0 Å². The van der Waals surface area contributed by atoms with E-state index < -0.39 is 35.0 Å². The average Bonchev–Trinajstić information content (AvgIpc) is 3.49. The second-order valence-electron chi connectivity index (χ2n) is 15.5. The number of imide groups is 1. The second-order valence-corrected chi connectivity index (χ2v) is 15.5. The summed E-state index contributed by atoms with van der Waals surface area (Å²) in [5.74, 6) is -4.52. The van der Waals surface area contributed by atoms with E-state index in [2.05, 4.69) is 0 Å². The molecule has 0 bridgehead atoms. The van der Waals surface area contributed by atoms with Crippen molar-refractivity contribution in [1.82, 2.24) is 0 Å². The zero-order chi connectivity index (χ0) is 38.9. The number of ketones is 3. The Bertz CT molecular complexity index is 2500. The number of hydrogen-bond donors (Lipinski definition) is 1. The number of amides is 2. The molecule has 9 rings (SSSR count). The maximum absolute atomic E-state index is 15.3. The number of aryl methyl sites for hydroxylation is 2. The van der Waals surface area contributed by atoms with E-state index in [0.717, 1.165) is 11.1 Å². The van der Waals surface area contributed by atoms with Crippen molar-refractivity contribution in [2.45, 2.75) is 38.0 Å². The van der Waals surface area contributed by atoms with Crippen LogP contribution < -0.4 is 4.90 Å². The molecule has 1 saturated heterocycles. The molecule has 0 aromatic heterocycles. The van der Waals surface area contributed by atoms with Gasteiger partial charge in [-0.2, -0.15) is 0 Å². The Morgan fingerprint density at radius 3 is 1.95 bits per heavy atom. The maximum Gasteiger partial charge on any atom is 0.238 e. The number of benzene rings is 5. The highest BCUT2D eigenvalue weighted by Crippen LogP contribution is 2.64. The van der Waals surface area contributed by atoms with Crippen LogP contribution in [0.5, 0.6) is 5.75 Å². The number of allylic oxidation sites excluding steroid dienone is 4. The predicted molar refractivity (Wildman–Crippen MR) is 213 cm³/mol. The normalized spacial score (nSPS) is 25.5. The summed E-state index contributed by atoms with van der Waals surface area (Å²) in [5.41, 5.74) is 4.61. The van der Waals surface area contributed by atoms with Crippen molar-refractivity contribution in [2.24, 2.45) is 23.7 Å². The summed E-state index contributed by atoms with van der Waals surface area (Å²) in [7, 11) is 0. The van der Waals surface area contributed by atoms with Gasteiger partial charge in [-0.1, -0.05) is 115 Å². The van der Waals surface area contributed by atoms with Gasteiger partial charge in [0, 0.05) is 28.5 Å². The first-order valence-electron chi connectivity index (χ1n) is 19.1. The quantitative estimate of drug-likeness (QED) is 0.107. The summed E-state index contributed by atoms with van der Waals surface area (Å²) in [4.78, 5) is 74.0. The molecule has 6 unspecified atom stereocenters. The van der Waals surface area contributed by atoms with Crippen LogP contribution in [0.1, 0.15) is 62.5 Å². The van der Waals surface area contributed by atoms with Gasteiger partial charge >= 0.3 is 0 Å². The third kappa shape index (κ3) is 5.21. The van der Waals surface area contributed by atoms with E-state index in [-0.39, 0.29) is 47.8 Å². The van der Waals surface area contributed by atoms with E-state index in [9.17, 15) is 19.5 Å². The lowest BCUT2D eigenvalue weighted by Crippen LogP contribution is -2.58. The highest BCUT2D eigenvalue weighted by Gasteiger charge is 2.66. The third-order valence-electron chi connectivity index (χ3n) is 12.6. The number of nitrogens with zero attached hydrogens (tertiary/aromatic N) is 1. The Kier molecular flexibility index (Phi) is 8.42. The van der Waals surface area contributed by atoms with Gasteiger partial charge in [-0.25, -0.2) is 0 Å². The molecule has 1 N–H and O–H groups in total. The number of rotatable bonds is 6. The van der Waals surface area contributed by atoms with Gasteiger partial charge in [0.2, 0.25) is 11.8 Å². The van der Waals surface area contributed by atoms with E-state index in [1.165, 1.54) is 11.0 Å². The molecule has 56 heavy (non-hydrogen) atoms. The molecule has 5 aromatic rings. The zero-order valence-electron chi connectivity index (χ0n) is 31.0. The highest BCUT2D eigenvalue weighted by atomic mass is 16.3. The molecule has 6 atom stereocenters. The van der Waals surface area contributed by atoms with Gasteiger partial charge in [-0.3, -0.25) is 28.9 Å². The molecule has 4 aliphatic rings. The lowest BCUT2D eigenvalue weighted by molar-refractivity contribution is -0.135. The van der Waals surface area contributed by atoms with E-state index in [1.807, 2.05) is 98.8 Å². The van der Waals surface area contributed by atoms with Gasteiger partial charge in [-0.15, -0.1) is 0 Å². The largest absolute Gasteiger partial charge is 0.507 e. The topological polar surface area (TPSA) is 109 Å². The van der Waals surface area contributed by atoms with Crippen LogP contribution in [0.4, 0.5) is 5.69 Å². The van der Waals surface area contributed by atoms with Crippen molar-refractivity contribution < 1.29 is 29.1 Å². The lowest BCUT2D eigenvalue weighted by Gasteiger charge is -2.55. The molecule has 0 spiro atoms. The van der Waals surface area contributed by atoms with Gasteiger partial charge in [0.25, 0.3) is 0 Å². The smallest absolute Gasteiger partial charge is 0.238 e. The van der Waals surface area contributed by atoms with Crippen LogP contribution in [0.25, 0.3) is 5.57 Å². The van der Waals surface area contributed by atoms with Gasteiger partial charge < -0.3 is 5.11 Å². The molecule has 276 valence electrons. The molecule has 3 aliphatic carbocycles. The fourth-order valence-electron chi connectivity index (χ4n) is 10.2. The summed E-state index contributed by atoms with van der Waals surface area (Å²) in [6.07, 6.45) is 4.04. The SMILES string of the molecule is Cc1cc(C2C3=CCC4C(=O)N(c5ccc(C(=O)c6ccccc6)cc5)C(=O)C4C3CC3C(=O)C(c4ccccc4)=CC(=O)C32c2ccccc2)cc(C)c1O. The minimum Gasteiger partial charge on any atom is -0.507 e. The van der Waals surface area contributed by atoms with Crippen LogP contribution >= 0.6 is 0 Å². The molecule has 5 aromatic carbocycles. The minimum absolute atomic E-state index is 0.158. The number of fused-ring (bicyclic) bond motifs is 4. The van der Waals surface area contributed by atoms with Crippen LogP contribution in [0.3, 0.4) is 0 Å². The molecule has 7 heteroatoms. The molecule has 2 amide bonds. The van der Waals surface area contributed by atoms with Gasteiger partial charge in [-0.05, 0) is 90.8 Å². The number of phenolic OH excluding ortho intramolecular Hbond substituents is 1. The first kappa shape index (κ1) is 35.2. The number of carbonyl (C=O) groups is 5. The first-order chi connectivity index (χ1) is 27.1. The number of carbonyl (C=O) groups excluding carboxylic acids is 5. The van der Waals surface area contributed by atoms with Gasteiger partial charge in [0.05, 0.1) is 22.9 Å². The van der Waals surface area contributed by atoms with Gasteiger partial charge in [0.15, 0.2) is 17.3 Å². The zero-order valence-corrected chi connectivity index (χ0v) is 31.0. The highest BCUT2D eigenvalue weighted by molar-refractivity contribution is 6.32. The maximum atomic E-state index is 15.3. The predicted octanol–water partition coefficient (Wildman–Crippen LogP) is 8.27. The standard InChI is InChI=1S/C49H39NO6/c1-28-24-33(25-29(2)44(28)52)43-36-22-23-37-42(48(56)50(47(37)55)35-20-18-32(19-21-35)45(53)31-14-8-4-9-15-31)39(36)26-40-46(54)38(30-12-6-3-7-13-30)27-41(51)49(40,43)34-16-10-5-11-17-34/h3-22,24-25,27,37,39-40,42-43,52H,23,26H2,1-2H3. The van der Waals surface area contributed by atoms with Crippen LogP contribution in [-0.4, -0.2) is 34.3 Å². The Morgan fingerprint density at radius 2 is 1.30 bits per heavy atom. The summed E-state index contributed by atoms with van der Waals surface area (Å²) >= 11 is 0. The van der Waals surface area contributed by atoms with E-state index in [1.54, 1.807) is 48.5 Å². The number of Topliss-reactive ketones (excluding diaryl/α,β-unsaturated/α-hetero) is 1. The monoisotopic (exact) mass is 737 g/mol. The summed E-state index contributed by atoms with van der Waals surface area (Å²) < 4.78 is 0. The van der Waals surface area contributed by atoms with Crippen LogP contribution in [0, 0.1) is 37.5 Å². The fourth-order valence-corrected chi connectivity index (χ4v) is 10.2. The Morgan fingerprint density at radius 1 is 0.714 bits per heavy atom. The van der Waals surface area contributed by atoms with Crippen molar-refractivity contribution in [3.8, 4) is 5.75 Å². The summed E-state index contributed by atoms with van der Waals surface area (Å²) in [6.45, 7) is 3.64. The van der Waals surface area contributed by atoms with Crippen molar-refractivity contribution in [1.29, 1.82) is 0 Å². The minimum atomic E-state index is -1.35. The number of aromatic hydroxyl groups is 1. The van der Waals surface area contributed by atoms with Crippen LogP contribution in [0.2, 0.25) is 0 Å². The molecular formula is C49H39NO6. The molecule has 1 heterocycles. The number of phenols is 1. The average molecular weight is 738 g/mol. The Balaban J connectivity index is 1.19.